The van der Waals surface area contributed by atoms with E-state index in [4.69, 9.17) is 23.2 Å². The van der Waals surface area contributed by atoms with Crippen molar-refractivity contribution in [3.05, 3.63) is 88.4 Å². The Hall–Kier alpha value is -2.03. The second-order valence-electron chi connectivity index (χ2n) is 6.61. The van der Waals surface area contributed by atoms with Gasteiger partial charge in [0.25, 0.3) is 0 Å². The first kappa shape index (κ1) is 23.6. The number of sulfonamides is 1. The first-order chi connectivity index (χ1) is 14.8. The van der Waals surface area contributed by atoms with Gasteiger partial charge in [-0.1, -0.05) is 59.6 Å². The van der Waals surface area contributed by atoms with E-state index >= 15 is 0 Å². The highest BCUT2D eigenvalue weighted by molar-refractivity contribution is 7.98. The van der Waals surface area contributed by atoms with Crippen LogP contribution in [0.4, 0.5) is 5.69 Å². The molecule has 0 aliphatic carbocycles. The molecule has 0 bridgehead atoms. The van der Waals surface area contributed by atoms with Gasteiger partial charge in [0.05, 0.1) is 11.6 Å². The molecule has 0 aliphatic heterocycles. The van der Waals surface area contributed by atoms with Crippen LogP contribution in [0.5, 0.6) is 0 Å². The molecule has 0 unspecified atom stereocenters. The first-order valence-corrected chi connectivity index (χ1v) is 12.6. The molecule has 9 heteroatoms. The summed E-state index contributed by atoms with van der Waals surface area (Å²) >= 11 is 13.7. The minimum Gasteiger partial charge on any atom is -0.325 e. The lowest BCUT2D eigenvalue weighted by Gasteiger charge is -2.23. The standard InChI is InChI=1S/C22H20Cl2N2O3S2/c1-30-19-9-5-8-18(13-19)25-22(27)15-26(14-16-6-3-2-4-7-16)31(28,29)21-12-17(23)10-11-20(21)24/h2-13H,14-15H2,1H3,(H,25,27). The van der Waals surface area contributed by atoms with Gasteiger partial charge in [0, 0.05) is 22.2 Å². The molecule has 1 N–H and O–H groups in total. The minimum absolute atomic E-state index is 0.00425. The summed E-state index contributed by atoms with van der Waals surface area (Å²) < 4.78 is 27.9. The van der Waals surface area contributed by atoms with Crippen molar-refractivity contribution in [3.8, 4) is 0 Å². The topological polar surface area (TPSA) is 66.5 Å². The van der Waals surface area contributed by atoms with Crippen LogP contribution in [0.3, 0.4) is 0 Å². The molecule has 0 saturated carbocycles. The summed E-state index contributed by atoms with van der Waals surface area (Å²) in [4.78, 5) is 13.6. The SMILES string of the molecule is CSc1cccc(NC(=O)CN(Cc2ccccc2)S(=O)(=O)c2cc(Cl)ccc2Cl)c1. The van der Waals surface area contributed by atoms with Crippen LogP contribution in [0.25, 0.3) is 0 Å². The quantitative estimate of drug-likeness (QED) is 0.417. The van der Waals surface area contributed by atoms with Crippen LogP contribution in [-0.4, -0.2) is 31.4 Å². The van der Waals surface area contributed by atoms with Gasteiger partial charge in [-0.25, -0.2) is 8.42 Å². The van der Waals surface area contributed by atoms with Gasteiger partial charge in [0.15, 0.2) is 0 Å². The highest BCUT2D eigenvalue weighted by atomic mass is 35.5. The van der Waals surface area contributed by atoms with Crippen molar-refractivity contribution in [1.82, 2.24) is 4.31 Å². The fourth-order valence-electron chi connectivity index (χ4n) is 2.89. The van der Waals surface area contributed by atoms with Gasteiger partial charge in [-0.15, -0.1) is 11.8 Å². The number of amides is 1. The lowest BCUT2D eigenvalue weighted by atomic mass is 10.2. The molecule has 0 atom stereocenters. The Morgan fingerprint density at radius 3 is 2.45 bits per heavy atom. The zero-order chi connectivity index (χ0) is 22.4. The van der Waals surface area contributed by atoms with Gasteiger partial charge in [-0.2, -0.15) is 4.31 Å². The maximum absolute atomic E-state index is 13.4. The van der Waals surface area contributed by atoms with Crippen molar-refractivity contribution in [3.63, 3.8) is 0 Å². The largest absolute Gasteiger partial charge is 0.325 e. The Morgan fingerprint density at radius 1 is 1.00 bits per heavy atom. The number of rotatable bonds is 8. The van der Waals surface area contributed by atoms with Crippen LogP contribution in [0.1, 0.15) is 5.56 Å². The van der Waals surface area contributed by atoms with Crippen LogP contribution in [-0.2, 0) is 21.4 Å². The molecule has 5 nitrogen and oxygen atoms in total. The van der Waals surface area contributed by atoms with E-state index in [-0.39, 0.29) is 28.0 Å². The van der Waals surface area contributed by atoms with Crippen molar-refractivity contribution >= 4 is 56.6 Å². The van der Waals surface area contributed by atoms with Crippen molar-refractivity contribution in [1.29, 1.82) is 0 Å². The highest BCUT2D eigenvalue weighted by Gasteiger charge is 2.29. The number of carbonyl (C=O) groups is 1. The lowest BCUT2D eigenvalue weighted by Crippen LogP contribution is -2.37. The third-order valence-electron chi connectivity index (χ3n) is 4.39. The lowest BCUT2D eigenvalue weighted by molar-refractivity contribution is -0.116. The van der Waals surface area contributed by atoms with Crippen molar-refractivity contribution in [2.24, 2.45) is 0 Å². The van der Waals surface area contributed by atoms with Crippen molar-refractivity contribution in [2.75, 3.05) is 18.1 Å². The molecule has 31 heavy (non-hydrogen) atoms. The maximum Gasteiger partial charge on any atom is 0.245 e. The molecule has 3 rings (SSSR count). The molecule has 0 spiro atoms. The molecule has 0 saturated heterocycles. The van der Waals surface area contributed by atoms with E-state index in [1.54, 1.807) is 42.1 Å². The van der Waals surface area contributed by atoms with E-state index in [1.807, 2.05) is 30.5 Å². The van der Waals surface area contributed by atoms with E-state index in [9.17, 15) is 13.2 Å². The number of hydrogen-bond donors (Lipinski definition) is 1. The highest BCUT2D eigenvalue weighted by Crippen LogP contribution is 2.29. The van der Waals surface area contributed by atoms with Crippen molar-refractivity contribution < 1.29 is 13.2 Å². The van der Waals surface area contributed by atoms with Gasteiger partial charge >= 0.3 is 0 Å². The predicted molar refractivity (Wildman–Crippen MR) is 127 cm³/mol. The average Bonchev–Trinajstić information content (AvgIpc) is 2.75. The second-order valence-corrected chi connectivity index (χ2v) is 10.2. The van der Waals surface area contributed by atoms with Crippen LogP contribution in [0.15, 0.2) is 82.6 Å². The molecule has 0 fully saturated rings. The number of thioether (sulfide) groups is 1. The second kappa shape index (κ2) is 10.5. The third-order valence-corrected chi connectivity index (χ3v) is 7.62. The Balaban J connectivity index is 1.90. The molecule has 3 aromatic rings. The van der Waals surface area contributed by atoms with E-state index in [0.717, 1.165) is 14.8 Å². The van der Waals surface area contributed by atoms with E-state index in [2.05, 4.69) is 5.32 Å². The number of nitrogens with zero attached hydrogens (tertiary/aromatic N) is 1. The third kappa shape index (κ3) is 6.24. The molecule has 162 valence electrons. The number of hydrogen-bond acceptors (Lipinski definition) is 4. The summed E-state index contributed by atoms with van der Waals surface area (Å²) in [7, 11) is -4.10. The fraction of sp³-hybridized carbons (Fsp3) is 0.136. The number of benzene rings is 3. The summed E-state index contributed by atoms with van der Waals surface area (Å²) in [5.41, 5.74) is 1.33. The molecule has 3 aromatic carbocycles. The van der Waals surface area contributed by atoms with Crippen molar-refractivity contribution in [2.45, 2.75) is 16.3 Å². The molecule has 0 aliphatic rings. The van der Waals surface area contributed by atoms with Crippen LogP contribution in [0.2, 0.25) is 10.0 Å². The monoisotopic (exact) mass is 494 g/mol. The zero-order valence-electron chi connectivity index (χ0n) is 16.6. The summed E-state index contributed by atoms with van der Waals surface area (Å²) in [6.07, 6.45) is 1.93. The first-order valence-electron chi connectivity index (χ1n) is 9.22. The maximum atomic E-state index is 13.4. The summed E-state index contributed by atoms with van der Waals surface area (Å²) in [5.74, 6) is -0.462. The Labute approximate surface area is 196 Å². The van der Waals surface area contributed by atoms with Gasteiger partial charge in [-0.05, 0) is 48.2 Å². The average molecular weight is 495 g/mol. The molecule has 0 heterocycles. The Kier molecular flexibility index (Phi) is 8.02. The van der Waals surface area contributed by atoms with E-state index in [1.165, 1.54) is 18.2 Å². The summed E-state index contributed by atoms with van der Waals surface area (Å²) in [6.45, 7) is -0.381. The Morgan fingerprint density at radius 2 is 1.74 bits per heavy atom. The molecular formula is C22H20Cl2N2O3S2. The number of halogens is 2. The van der Waals surface area contributed by atoms with Gasteiger partial charge in [0.2, 0.25) is 15.9 Å². The van der Waals surface area contributed by atoms with E-state index in [0.29, 0.717) is 5.69 Å². The van der Waals surface area contributed by atoms with Gasteiger partial charge < -0.3 is 5.32 Å². The predicted octanol–water partition coefficient (Wildman–Crippen LogP) is 5.54. The molecule has 1 amide bonds. The van der Waals surface area contributed by atoms with Crippen LogP contribution >= 0.6 is 35.0 Å². The number of nitrogens with one attached hydrogen (secondary N) is 1. The van der Waals surface area contributed by atoms with Crippen LogP contribution in [0, 0.1) is 0 Å². The fourth-order valence-corrected chi connectivity index (χ4v) is 5.47. The molecule has 0 aromatic heterocycles. The smallest absolute Gasteiger partial charge is 0.245 e. The van der Waals surface area contributed by atoms with Gasteiger partial charge in [-0.3, -0.25) is 4.79 Å². The number of anilines is 1. The summed E-state index contributed by atoms with van der Waals surface area (Å²) in [5, 5.41) is 3.04. The normalized spacial score (nSPS) is 11.5. The van der Waals surface area contributed by atoms with E-state index < -0.39 is 15.9 Å². The zero-order valence-corrected chi connectivity index (χ0v) is 19.7. The van der Waals surface area contributed by atoms with Gasteiger partial charge in [0.1, 0.15) is 4.90 Å². The molecule has 0 radical (unpaired) electrons. The van der Waals surface area contributed by atoms with Crippen LogP contribution < -0.4 is 5.32 Å². The Bertz CT molecular complexity index is 1170. The minimum atomic E-state index is -4.10. The molecular weight excluding hydrogens is 475 g/mol. The summed E-state index contributed by atoms with van der Waals surface area (Å²) in [6, 6.07) is 20.6. The number of carbonyl (C=O) groups excluding carboxylic acids is 1.